The van der Waals surface area contributed by atoms with Crippen molar-refractivity contribution in [1.29, 1.82) is 0 Å². The minimum atomic E-state index is -0.315. The maximum atomic E-state index is 13.3. The average molecular weight is 262 g/mol. The van der Waals surface area contributed by atoms with Crippen molar-refractivity contribution in [2.75, 3.05) is 38.2 Å². The zero-order valence-electron chi connectivity index (χ0n) is 10.7. The highest BCUT2D eigenvalue weighted by Crippen LogP contribution is 2.26. The van der Waals surface area contributed by atoms with Crippen molar-refractivity contribution >= 4 is 16.9 Å². The molecule has 0 spiro atoms. The molecule has 5 nitrogen and oxygen atoms in total. The number of ether oxygens (including phenoxy) is 1. The SMILES string of the molecule is COc1nc(N2CCNCC2)nc2ccc(F)cc12. The summed E-state index contributed by atoms with van der Waals surface area (Å²) in [5.41, 5.74) is 0.696. The van der Waals surface area contributed by atoms with Crippen molar-refractivity contribution in [3.63, 3.8) is 0 Å². The van der Waals surface area contributed by atoms with E-state index in [1.165, 1.54) is 19.2 Å². The topological polar surface area (TPSA) is 50.3 Å². The lowest BCUT2D eigenvalue weighted by Gasteiger charge is -2.27. The zero-order chi connectivity index (χ0) is 13.2. The molecule has 1 saturated heterocycles. The first-order valence-electron chi connectivity index (χ1n) is 6.25. The van der Waals surface area contributed by atoms with Gasteiger partial charge in [0, 0.05) is 26.2 Å². The number of halogens is 1. The molecule has 0 bridgehead atoms. The van der Waals surface area contributed by atoms with Gasteiger partial charge in [-0.25, -0.2) is 9.37 Å². The largest absolute Gasteiger partial charge is 0.480 e. The Balaban J connectivity index is 2.08. The van der Waals surface area contributed by atoms with E-state index in [9.17, 15) is 4.39 Å². The maximum Gasteiger partial charge on any atom is 0.229 e. The third kappa shape index (κ3) is 2.31. The van der Waals surface area contributed by atoms with Gasteiger partial charge < -0.3 is 15.0 Å². The van der Waals surface area contributed by atoms with Crippen LogP contribution in [0, 0.1) is 5.82 Å². The van der Waals surface area contributed by atoms with Crippen LogP contribution in [0.15, 0.2) is 18.2 Å². The maximum absolute atomic E-state index is 13.3. The zero-order valence-corrected chi connectivity index (χ0v) is 10.7. The van der Waals surface area contributed by atoms with E-state index in [0.717, 1.165) is 26.2 Å². The van der Waals surface area contributed by atoms with Gasteiger partial charge in [-0.2, -0.15) is 4.98 Å². The average Bonchev–Trinajstić information content (AvgIpc) is 2.47. The van der Waals surface area contributed by atoms with Crippen LogP contribution in [0.1, 0.15) is 0 Å². The summed E-state index contributed by atoms with van der Waals surface area (Å²) in [4.78, 5) is 11.0. The molecule has 0 unspecified atom stereocenters. The molecular formula is C13H15FN4O. The van der Waals surface area contributed by atoms with Gasteiger partial charge in [0.1, 0.15) is 5.82 Å². The lowest BCUT2D eigenvalue weighted by atomic mass is 10.2. The number of benzene rings is 1. The van der Waals surface area contributed by atoms with E-state index in [1.807, 2.05) is 0 Å². The normalized spacial score (nSPS) is 15.8. The predicted molar refractivity (Wildman–Crippen MR) is 71.1 cm³/mol. The van der Waals surface area contributed by atoms with E-state index in [1.54, 1.807) is 6.07 Å². The summed E-state index contributed by atoms with van der Waals surface area (Å²) >= 11 is 0. The minimum Gasteiger partial charge on any atom is -0.480 e. The quantitative estimate of drug-likeness (QED) is 0.881. The molecule has 1 N–H and O–H groups in total. The summed E-state index contributed by atoms with van der Waals surface area (Å²) in [6.07, 6.45) is 0. The Bertz CT molecular complexity index is 598. The minimum absolute atomic E-state index is 0.315. The molecule has 0 radical (unpaired) electrons. The van der Waals surface area contributed by atoms with E-state index in [-0.39, 0.29) is 5.82 Å². The summed E-state index contributed by atoms with van der Waals surface area (Å²) in [5.74, 6) is 0.736. The fraction of sp³-hybridized carbons (Fsp3) is 0.385. The molecule has 1 fully saturated rings. The van der Waals surface area contributed by atoms with Gasteiger partial charge in [-0.3, -0.25) is 0 Å². The second-order valence-corrected chi connectivity index (χ2v) is 4.43. The third-order valence-electron chi connectivity index (χ3n) is 3.20. The van der Waals surface area contributed by atoms with Crippen LogP contribution in [0.2, 0.25) is 0 Å². The molecule has 1 aliphatic heterocycles. The molecule has 2 aromatic rings. The number of piperazine rings is 1. The Morgan fingerprint density at radius 3 is 2.79 bits per heavy atom. The number of hydrogen-bond donors (Lipinski definition) is 1. The molecule has 1 aliphatic rings. The molecule has 0 atom stereocenters. The standard InChI is InChI=1S/C13H15FN4O/c1-19-12-10-8-9(14)2-3-11(10)16-13(17-12)18-6-4-15-5-7-18/h2-3,8,15H,4-7H2,1H3. The number of nitrogens with one attached hydrogen (secondary N) is 1. The second kappa shape index (κ2) is 4.97. The van der Waals surface area contributed by atoms with Crippen LogP contribution >= 0.6 is 0 Å². The Hall–Kier alpha value is -1.95. The Morgan fingerprint density at radius 2 is 2.05 bits per heavy atom. The van der Waals surface area contributed by atoms with Crippen molar-refractivity contribution in [2.24, 2.45) is 0 Å². The first-order valence-corrected chi connectivity index (χ1v) is 6.25. The van der Waals surface area contributed by atoms with E-state index in [0.29, 0.717) is 22.7 Å². The molecule has 1 aromatic carbocycles. The molecule has 100 valence electrons. The lowest BCUT2D eigenvalue weighted by molar-refractivity contribution is 0.402. The summed E-state index contributed by atoms with van der Waals surface area (Å²) in [6.45, 7) is 3.53. The van der Waals surface area contributed by atoms with Crippen LogP contribution in [0.5, 0.6) is 5.88 Å². The monoisotopic (exact) mass is 262 g/mol. The summed E-state index contributed by atoms with van der Waals surface area (Å²) in [7, 11) is 1.54. The number of fused-ring (bicyclic) bond motifs is 1. The molecule has 0 aliphatic carbocycles. The number of anilines is 1. The Morgan fingerprint density at radius 1 is 1.26 bits per heavy atom. The molecule has 0 amide bonds. The van der Waals surface area contributed by atoms with Gasteiger partial charge in [0.05, 0.1) is 18.0 Å². The smallest absolute Gasteiger partial charge is 0.229 e. The first kappa shape index (κ1) is 12.1. The summed E-state index contributed by atoms with van der Waals surface area (Å²) in [5, 5.41) is 3.88. The highest BCUT2D eigenvalue weighted by Gasteiger charge is 2.16. The van der Waals surface area contributed by atoms with Crippen LogP contribution in [-0.2, 0) is 0 Å². The number of methoxy groups -OCH3 is 1. The van der Waals surface area contributed by atoms with Crippen LogP contribution in [0.3, 0.4) is 0 Å². The number of hydrogen-bond acceptors (Lipinski definition) is 5. The van der Waals surface area contributed by atoms with Crippen molar-refractivity contribution in [3.8, 4) is 5.88 Å². The molecule has 0 saturated carbocycles. The van der Waals surface area contributed by atoms with Crippen LogP contribution in [-0.4, -0.2) is 43.3 Å². The van der Waals surface area contributed by atoms with Gasteiger partial charge >= 0.3 is 0 Å². The molecule has 6 heteroatoms. The molecular weight excluding hydrogens is 247 g/mol. The highest BCUT2D eigenvalue weighted by atomic mass is 19.1. The van der Waals surface area contributed by atoms with Crippen molar-refractivity contribution in [2.45, 2.75) is 0 Å². The number of rotatable bonds is 2. The van der Waals surface area contributed by atoms with Gasteiger partial charge in [0.15, 0.2) is 0 Å². The molecule has 1 aromatic heterocycles. The first-order chi connectivity index (χ1) is 9.28. The van der Waals surface area contributed by atoms with Gasteiger partial charge in [-0.1, -0.05) is 0 Å². The predicted octanol–water partition coefficient (Wildman–Crippen LogP) is 1.19. The summed E-state index contributed by atoms with van der Waals surface area (Å²) < 4.78 is 18.5. The summed E-state index contributed by atoms with van der Waals surface area (Å²) in [6, 6.07) is 4.45. The van der Waals surface area contributed by atoms with E-state index in [4.69, 9.17) is 4.74 Å². The van der Waals surface area contributed by atoms with E-state index in [2.05, 4.69) is 20.2 Å². The molecule has 2 heterocycles. The fourth-order valence-corrected chi connectivity index (χ4v) is 2.22. The van der Waals surface area contributed by atoms with Crippen molar-refractivity contribution in [3.05, 3.63) is 24.0 Å². The van der Waals surface area contributed by atoms with Crippen molar-refractivity contribution in [1.82, 2.24) is 15.3 Å². The number of aromatic nitrogens is 2. The molecule has 19 heavy (non-hydrogen) atoms. The van der Waals surface area contributed by atoms with Gasteiger partial charge in [0.2, 0.25) is 11.8 Å². The Labute approximate surface area is 110 Å². The van der Waals surface area contributed by atoms with Crippen molar-refractivity contribution < 1.29 is 9.13 Å². The van der Waals surface area contributed by atoms with Gasteiger partial charge in [-0.05, 0) is 18.2 Å². The number of nitrogens with zero attached hydrogens (tertiary/aromatic N) is 3. The molecule has 3 rings (SSSR count). The second-order valence-electron chi connectivity index (χ2n) is 4.43. The van der Waals surface area contributed by atoms with Crippen LogP contribution < -0.4 is 15.0 Å². The fourth-order valence-electron chi connectivity index (χ4n) is 2.22. The van der Waals surface area contributed by atoms with Gasteiger partial charge in [0.25, 0.3) is 0 Å². The van der Waals surface area contributed by atoms with Crippen LogP contribution in [0.25, 0.3) is 10.9 Å². The Kier molecular flexibility index (Phi) is 3.16. The highest BCUT2D eigenvalue weighted by molar-refractivity contribution is 5.84. The van der Waals surface area contributed by atoms with Gasteiger partial charge in [-0.15, -0.1) is 0 Å². The van der Waals surface area contributed by atoms with E-state index < -0.39 is 0 Å². The van der Waals surface area contributed by atoms with E-state index >= 15 is 0 Å². The third-order valence-corrected chi connectivity index (χ3v) is 3.20. The lowest BCUT2D eigenvalue weighted by Crippen LogP contribution is -2.44. The van der Waals surface area contributed by atoms with Crippen LogP contribution in [0.4, 0.5) is 10.3 Å².